The molecule has 2 aromatic rings. The van der Waals surface area contributed by atoms with E-state index in [-0.39, 0.29) is 42.7 Å². The number of carbonyl (C=O) groups is 1. The number of hydrogen-bond acceptors (Lipinski definition) is 3. The number of nitrogens with two attached hydrogens (primary N) is 1. The number of benzene rings is 2. The quantitative estimate of drug-likeness (QED) is 0.792. The lowest BCUT2D eigenvalue weighted by Gasteiger charge is -2.28. The molecule has 0 aliphatic carbocycles. The van der Waals surface area contributed by atoms with Crippen LogP contribution in [0.25, 0.3) is 0 Å². The zero-order valence-corrected chi connectivity index (χ0v) is 18.0. The largest absolute Gasteiger partial charge is 0.341 e. The Bertz CT molecular complexity index is 699. The fraction of sp³-hybridized carbons (Fsp3) is 0.409. The molecule has 6 heteroatoms. The summed E-state index contributed by atoms with van der Waals surface area (Å²) in [6.45, 7) is 6.42. The van der Waals surface area contributed by atoms with Gasteiger partial charge in [0.15, 0.2) is 0 Å². The van der Waals surface area contributed by atoms with Gasteiger partial charge in [-0.3, -0.25) is 9.69 Å². The SMILES string of the molecule is CC(C(=O)N1CCCN(Cc2ccccc2)CC1)C(N)c1ccccc1.Cl.Cl. The maximum Gasteiger partial charge on any atom is 0.227 e. The summed E-state index contributed by atoms with van der Waals surface area (Å²) in [4.78, 5) is 17.4. The lowest BCUT2D eigenvalue weighted by Crippen LogP contribution is -2.41. The first-order chi connectivity index (χ1) is 12.6. The van der Waals surface area contributed by atoms with Crippen molar-refractivity contribution in [2.45, 2.75) is 25.9 Å². The lowest BCUT2D eigenvalue weighted by molar-refractivity contribution is -0.135. The average molecular weight is 424 g/mol. The van der Waals surface area contributed by atoms with Crippen molar-refractivity contribution in [3.8, 4) is 0 Å². The van der Waals surface area contributed by atoms with Gasteiger partial charge in [0.2, 0.25) is 5.91 Å². The second kappa shape index (κ2) is 12.1. The molecule has 1 amide bonds. The molecule has 1 aliphatic rings. The standard InChI is InChI=1S/C22H29N3O.2ClH/c1-18(21(23)20-11-6-3-7-12-20)22(26)25-14-8-13-24(15-16-25)17-19-9-4-2-5-10-19;;/h2-7,9-12,18,21H,8,13-17,23H2,1H3;2*1H. The van der Waals surface area contributed by atoms with Crippen LogP contribution in [0.4, 0.5) is 0 Å². The summed E-state index contributed by atoms with van der Waals surface area (Å²) in [5.41, 5.74) is 8.70. The zero-order valence-electron chi connectivity index (χ0n) is 16.4. The van der Waals surface area contributed by atoms with Gasteiger partial charge in [-0.25, -0.2) is 0 Å². The van der Waals surface area contributed by atoms with E-state index in [2.05, 4.69) is 29.2 Å². The third kappa shape index (κ3) is 6.49. The van der Waals surface area contributed by atoms with E-state index in [1.807, 2.05) is 48.2 Å². The van der Waals surface area contributed by atoms with Crippen LogP contribution in [0.5, 0.6) is 0 Å². The second-order valence-electron chi connectivity index (χ2n) is 7.17. The van der Waals surface area contributed by atoms with Crippen LogP contribution >= 0.6 is 24.8 Å². The third-order valence-corrected chi connectivity index (χ3v) is 5.26. The van der Waals surface area contributed by atoms with Gasteiger partial charge < -0.3 is 10.6 Å². The van der Waals surface area contributed by atoms with E-state index in [4.69, 9.17) is 5.73 Å². The zero-order chi connectivity index (χ0) is 18.4. The number of hydrogen-bond donors (Lipinski definition) is 1. The molecule has 154 valence electrons. The van der Waals surface area contributed by atoms with Crippen LogP contribution in [0.2, 0.25) is 0 Å². The van der Waals surface area contributed by atoms with Gasteiger partial charge >= 0.3 is 0 Å². The van der Waals surface area contributed by atoms with Crippen molar-refractivity contribution in [2.75, 3.05) is 26.2 Å². The molecule has 1 saturated heterocycles. The molecule has 4 nitrogen and oxygen atoms in total. The predicted molar refractivity (Wildman–Crippen MR) is 120 cm³/mol. The maximum absolute atomic E-state index is 13.0. The molecule has 1 heterocycles. The van der Waals surface area contributed by atoms with Gasteiger partial charge in [-0.1, -0.05) is 67.6 Å². The summed E-state index contributed by atoms with van der Waals surface area (Å²) in [5.74, 6) is -0.0408. The van der Waals surface area contributed by atoms with Gasteiger partial charge in [0, 0.05) is 38.8 Å². The molecule has 2 N–H and O–H groups in total. The molecule has 2 atom stereocenters. The Labute approximate surface area is 180 Å². The Kier molecular flexibility index (Phi) is 10.5. The predicted octanol–water partition coefficient (Wildman–Crippen LogP) is 3.90. The normalized spacial score (nSPS) is 16.9. The van der Waals surface area contributed by atoms with Crippen molar-refractivity contribution in [3.05, 3.63) is 71.8 Å². The summed E-state index contributed by atoms with van der Waals surface area (Å²) in [6, 6.07) is 20.2. The van der Waals surface area contributed by atoms with Crippen LogP contribution in [-0.2, 0) is 11.3 Å². The summed E-state index contributed by atoms with van der Waals surface area (Å²) in [5, 5.41) is 0. The van der Waals surface area contributed by atoms with E-state index >= 15 is 0 Å². The summed E-state index contributed by atoms with van der Waals surface area (Å²) in [7, 11) is 0. The topological polar surface area (TPSA) is 49.6 Å². The van der Waals surface area contributed by atoms with Crippen molar-refractivity contribution in [2.24, 2.45) is 11.7 Å². The highest BCUT2D eigenvalue weighted by Gasteiger charge is 2.28. The van der Waals surface area contributed by atoms with Crippen LogP contribution in [0.15, 0.2) is 60.7 Å². The van der Waals surface area contributed by atoms with E-state index in [1.165, 1.54) is 5.56 Å². The van der Waals surface area contributed by atoms with Gasteiger partial charge in [-0.15, -0.1) is 24.8 Å². The van der Waals surface area contributed by atoms with Crippen LogP contribution in [0, 0.1) is 5.92 Å². The number of nitrogens with zero attached hydrogens (tertiary/aromatic N) is 2. The van der Waals surface area contributed by atoms with E-state index in [0.29, 0.717) is 0 Å². The highest BCUT2D eigenvalue weighted by atomic mass is 35.5. The number of rotatable bonds is 5. The Hall–Kier alpha value is -1.59. The molecule has 1 aliphatic heterocycles. The van der Waals surface area contributed by atoms with Crippen molar-refractivity contribution >= 4 is 30.7 Å². The highest BCUT2D eigenvalue weighted by molar-refractivity contribution is 5.85. The summed E-state index contributed by atoms with van der Waals surface area (Å²) in [6.07, 6.45) is 1.01. The fourth-order valence-corrected chi connectivity index (χ4v) is 3.60. The van der Waals surface area contributed by atoms with Crippen LogP contribution in [-0.4, -0.2) is 41.9 Å². The first-order valence-corrected chi connectivity index (χ1v) is 9.51. The number of amides is 1. The third-order valence-electron chi connectivity index (χ3n) is 5.26. The van der Waals surface area contributed by atoms with Crippen LogP contribution in [0.3, 0.4) is 0 Å². The van der Waals surface area contributed by atoms with Gasteiger partial charge in [-0.2, -0.15) is 0 Å². The fourth-order valence-electron chi connectivity index (χ4n) is 3.60. The summed E-state index contributed by atoms with van der Waals surface area (Å²) < 4.78 is 0. The Balaban J connectivity index is 0.00000196. The van der Waals surface area contributed by atoms with Crippen LogP contribution in [0.1, 0.15) is 30.5 Å². The minimum atomic E-state index is -0.257. The maximum atomic E-state index is 13.0. The van der Waals surface area contributed by atoms with E-state index in [0.717, 1.165) is 44.7 Å². The lowest BCUT2D eigenvalue weighted by atomic mass is 9.94. The molecule has 0 aromatic heterocycles. The van der Waals surface area contributed by atoms with Crippen molar-refractivity contribution in [1.29, 1.82) is 0 Å². The molecule has 0 spiro atoms. The average Bonchev–Trinajstić information content (AvgIpc) is 2.93. The smallest absolute Gasteiger partial charge is 0.227 e. The van der Waals surface area contributed by atoms with Crippen molar-refractivity contribution in [1.82, 2.24) is 9.80 Å². The van der Waals surface area contributed by atoms with Gasteiger partial charge in [0.05, 0.1) is 5.92 Å². The van der Waals surface area contributed by atoms with E-state index < -0.39 is 0 Å². The first kappa shape index (κ1) is 24.4. The molecule has 0 radical (unpaired) electrons. The van der Waals surface area contributed by atoms with Gasteiger partial charge in [0.1, 0.15) is 0 Å². The second-order valence-corrected chi connectivity index (χ2v) is 7.17. The molecule has 1 fully saturated rings. The van der Waals surface area contributed by atoms with Crippen LogP contribution < -0.4 is 5.73 Å². The molecule has 0 bridgehead atoms. The number of halogens is 2. The van der Waals surface area contributed by atoms with Crippen molar-refractivity contribution < 1.29 is 4.79 Å². The van der Waals surface area contributed by atoms with Crippen molar-refractivity contribution in [3.63, 3.8) is 0 Å². The monoisotopic (exact) mass is 423 g/mol. The Morgan fingerprint density at radius 2 is 1.54 bits per heavy atom. The summed E-state index contributed by atoms with van der Waals surface area (Å²) >= 11 is 0. The molecule has 28 heavy (non-hydrogen) atoms. The van der Waals surface area contributed by atoms with E-state index in [9.17, 15) is 4.79 Å². The molecule has 2 unspecified atom stereocenters. The van der Waals surface area contributed by atoms with Gasteiger partial charge in [0.25, 0.3) is 0 Å². The Morgan fingerprint density at radius 3 is 2.18 bits per heavy atom. The molecule has 0 saturated carbocycles. The van der Waals surface area contributed by atoms with E-state index in [1.54, 1.807) is 0 Å². The molecule has 2 aromatic carbocycles. The Morgan fingerprint density at radius 1 is 0.929 bits per heavy atom. The minimum absolute atomic E-state index is 0. The highest BCUT2D eigenvalue weighted by Crippen LogP contribution is 2.22. The molecule has 3 rings (SSSR count). The molecular formula is C22H31Cl2N3O. The first-order valence-electron chi connectivity index (χ1n) is 9.51. The number of carbonyl (C=O) groups excluding carboxylic acids is 1. The molecular weight excluding hydrogens is 393 g/mol. The van der Waals surface area contributed by atoms with Gasteiger partial charge in [-0.05, 0) is 17.5 Å². The minimum Gasteiger partial charge on any atom is -0.341 e.